The fourth-order valence-electron chi connectivity index (χ4n) is 2.71. The van der Waals surface area contributed by atoms with Crippen molar-refractivity contribution in [3.8, 4) is 0 Å². The van der Waals surface area contributed by atoms with Crippen molar-refractivity contribution in [2.24, 2.45) is 5.73 Å². The van der Waals surface area contributed by atoms with Gasteiger partial charge >= 0.3 is 0 Å². The second-order valence-electron chi connectivity index (χ2n) is 5.98. The maximum absolute atomic E-state index is 12.1. The number of aryl methyl sites for hydroxylation is 1. The first-order chi connectivity index (χ1) is 12.2. The molecule has 0 unspecified atom stereocenters. The molecule has 0 saturated heterocycles. The van der Waals surface area contributed by atoms with E-state index in [4.69, 9.17) is 17.3 Å². The number of hydrogen-bond donors (Lipinski definition) is 2. The summed E-state index contributed by atoms with van der Waals surface area (Å²) >= 11 is 6.13. The minimum Gasteiger partial charge on any atom is -0.365 e. The van der Waals surface area contributed by atoms with Gasteiger partial charge in [-0.25, -0.2) is 8.42 Å². The molecule has 0 atom stereocenters. The summed E-state index contributed by atoms with van der Waals surface area (Å²) in [5.74, 6) is -0.685. The Kier molecular flexibility index (Phi) is 4.60. The quantitative estimate of drug-likeness (QED) is 0.711. The van der Waals surface area contributed by atoms with Crippen molar-refractivity contribution >= 4 is 49.6 Å². The molecular formula is C18H16ClN3O3S. The molecule has 0 aliphatic rings. The Bertz CT molecular complexity index is 1140. The van der Waals surface area contributed by atoms with Gasteiger partial charge in [0.25, 0.3) is 5.91 Å². The van der Waals surface area contributed by atoms with Gasteiger partial charge in [0, 0.05) is 28.5 Å². The Morgan fingerprint density at radius 2 is 1.96 bits per heavy atom. The molecule has 0 saturated carbocycles. The third kappa shape index (κ3) is 3.49. The van der Waals surface area contributed by atoms with E-state index in [1.807, 2.05) is 31.2 Å². The van der Waals surface area contributed by atoms with Crippen molar-refractivity contribution in [3.63, 3.8) is 0 Å². The second kappa shape index (κ2) is 6.59. The number of nitrogens with one attached hydrogen (secondary N) is 1. The molecular weight excluding hydrogens is 374 g/mol. The van der Waals surface area contributed by atoms with Crippen LogP contribution < -0.4 is 11.1 Å². The van der Waals surface area contributed by atoms with Crippen LogP contribution in [0.4, 0.5) is 11.4 Å². The summed E-state index contributed by atoms with van der Waals surface area (Å²) in [6, 6.07) is 10.4. The van der Waals surface area contributed by atoms with Crippen LogP contribution in [-0.2, 0) is 9.84 Å². The Morgan fingerprint density at radius 1 is 1.23 bits per heavy atom. The first-order valence-corrected chi connectivity index (χ1v) is 9.89. The van der Waals surface area contributed by atoms with Crippen LogP contribution in [0.1, 0.15) is 15.9 Å². The Balaban J connectivity index is 2.36. The molecule has 0 aliphatic carbocycles. The number of nitrogens with zero attached hydrogens (tertiary/aromatic N) is 1. The number of carbonyl (C=O) groups excluding carboxylic acids is 1. The highest BCUT2D eigenvalue weighted by atomic mass is 35.5. The van der Waals surface area contributed by atoms with Crippen LogP contribution in [-0.4, -0.2) is 25.6 Å². The highest BCUT2D eigenvalue weighted by Crippen LogP contribution is 2.34. The van der Waals surface area contributed by atoms with Crippen molar-refractivity contribution in [1.82, 2.24) is 4.98 Å². The number of rotatable bonds is 4. The van der Waals surface area contributed by atoms with Crippen molar-refractivity contribution in [2.75, 3.05) is 11.6 Å². The molecule has 1 heterocycles. The van der Waals surface area contributed by atoms with Crippen LogP contribution in [0.5, 0.6) is 0 Å². The van der Waals surface area contributed by atoms with E-state index in [9.17, 15) is 13.2 Å². The van der Waals surface area contributed by atoms with Gasteiger partial charge in [0.05, 0.1) is 21.7 Å². The summed E-state index contributed by atoms with van der Waals surface area (Å²) in [6.45, 7) is 1.93. The number of sulfone groups is 1. The summed E-state index contributed by atoms with van der Waals surface area (Å²) in [5.41, 5.74) is 7.94. The van der Waals surface area contributed by atoms with Gasteiger partial charge in [-0.2, -0.15) is 0 Å². The number of amides is 1. The molecule has 6 nitrogen and oxygen atoms in total. The fourth-order valence-corrected chi connectivity index (χ4v) is 3.85. The molecule has 3 rings (SSSR count). The number of hydrogen-bond acceptors (Lipinski definition) is 5. The normalized spacial score (nSPS) is 11.5. The Labute approximate surface area is 155 Å². The van der Waals surface area contributed by atoms with E-state index in [1.165, 1.54) is 12.3 Å². The molecule has 2 aromatic carbocycles. The van der Waals surface area contributed by atoms with Gasteiger partial charge in [0.15, 0.2) is 9.84 Å². The maximum Gasteiger partial charge on any atom is 0.252 e. The topological polar surface area (TPSA) is 102 Å². The molecule has 134 valence electrons. The third-order valence-electron chi connectivity index (χ3n) is 3.85. The standard InChI is InChI=1S/C18H16ClN3O3S/c1-10-4-3-5-12(6-10)22-16-13-7-11(19)8-15(26(2,24)25)17(13)21-9-14(16)18(20)23/h3-9H,1-2H3,(H2,20,23)(H,21,22). The number of primary amides is 1. The Morgan fingerprint density at radius 3 is 2.58 bits per heavy atom. The van der Waals surface area contributed by atoms with Crippen LogP contribution in [0, 0.1) is 6.92 Å². The number of benzene rings is 2. The average molecular weight is 390 g/mol. The molecule has 3 N–H and O–H groups in total. The molecule has 8 heteroatoms. The smallest absolute Gasteiger partial charge is 0.252 e. The van der Waals surface area contributed by atoms with Crippen LogP contribution >= 0.6 is 11.6 Å². The summed E-state index contributed by atoms with van der Waals surface area (Å²) in [5, 5.41) is 3.76. The van der Waals surface area contributed by atoms with Crippen LogP contribution in [0.3, 0.4) is 0 Å². The predicted octanol–water partition coefficient (Wildman–Crippen LogP) is 3.44. The molecule has 1 amide bonds. The molecule has 0 aliphatic heterocycles. The molecule has 0 radical (unpaired) electrons. The van der Waals surface area contributed by atoms with Gasteiger partial charge < -0.3 is 11.1 Å². The monoisotopic (exact) mass is 389 g/mol. The lowest BCUT2D eigenvalue weighted by molar-refractivity contribution is 0.100. The first-order valence-electron chi connectivity index (χ1n) is 7.62. The van der Waals surface area contributed by atoms with Crippen molar-refractivity contribution in [3.05, 3.63) is 58.7 Å². The lowest BCUT2D eigenvalue weighted by Crippen LogP contribution is -2.14. The average Bonchev–Trinajstić information content (AvgIpc) is 2.53. The van der Waals surface area contributed by atoms with Crippen LogP contribution in [0.2, 0.25) is 5.02 Å². The maximum atomic E-state index is 12.1. The first kappa shape index (κ1) is 18.2. The van der Waals surface area contributed by atoms with Gasteiger partial charge in [0.1, 0.15) is 0 Å². The SMILES string of the molecule is Cc1cccc(Nc2c(C(N)=O)cnc3c(S(C)(=O)=O)cc(Cl)cc23)c1. The van der Waals surface area contributed by atoms with Crippen molar-refractivity contribution in [1.29, 1.82) is 0 Å². The number of halogens is 1. The van der Waals surface area contributed by atoms with Crippen LogP contribution in [0.15, 0.2) is 47.5 Å². The van der Waals surface area contributed by atoms with E-state index in [2.05, 4.69) is 10.3 Å². The number of pyridine rings is 1. The summed E-state index contributed by atoms with van der Waals surface area (Å²) in [6.07, 6.45) is 2.35. The summed E-state index contributed by atoms with van der Waals surface area (Å²) < 4.78 is 24.2. The van der Waals surface area contributed by atoms with Crippen molar-refractivity contribution < 1.29 is 13.2 Å². The highest BCUT2D eigenvalue weighted by molar-refractivity contribution is 7.91. The number of anilines is 2. The van der Waals surface area contributed by atoms with Gasteiger partial charge in [0.2, 0.25) is 0 Å². The third-order valence-corrected chi connectivity index (χ3v) is 5.18. The zero-order chi connectivity index (χ0) is 19.1. The van der Waals surface area contributed by atoms with E-state index in [0.717, 1.165) is 17.5 Å². The molecule has 1 aromatic heterocycles. The molecule has 26 heavy (non-hydrogen) atoms. The lowest BCUT2D eigenvalue weighted by Gasteiger charge is -2.15. The molecule has 0 bridgehead atoms. The molecule has 0 spiro atoms. The number of nitrogens with two attached hydrogens (primary N) is 1. The van der Waals surface area contributed by atoms with E-state index >= 15 is 0 Å². The minimum absolute atomic E-state index is 0.0108. The summed E-state index contributed by atoms with van der Waals surface area (Å²) in [4.78, 5) is 16.0. The Hall–Kier alpha value is -2.64. The van der Waals surface area contributed by atoms with E-state index in [1.54, 1.807) is 6.07 Å². The number of aromatic nitrogens is 1. The van der Waals surface area contributed by atoms with E-state index in [-0.39, 0.29) is 21.0 Å². The van der Waals surface area contributed by atoms with Crippen molar-refractivity contribution in [2.45, 2.75) is 11.8 Å². The predicted molar refractivity (Wildman–Crippen MR) is 103 cm³/mol. The van der Waals surface area contributed by atoms with Gasteiger partial charge in [-0.1, -0.05) is 23.7 Å². The van der Waals surface area contributed by atoms with E-state index in [0.29, 0.717) is 11.1 Å². The largest absolute Gasteiger partial charge is 0.365 e. The molecule has 3 aromatic rings. The highest BCUT2D eigenvalue weighted by Gasteiger charge is 2.20. The number of fused-ring (bicyclic) bond motifs is 1. The minimum atomic E-state index is -3.57. The van der Waals surface area contributed by atoms with Gasteiger partial charge in [-0.15, -0.1) is 0 Å². The number of carbonyl (C=O) groups is 1. The van der Waals surface area contributed by atoms with Gasteiger partial charge in [-0.3, -0.25) is 9.78 Å². The second-order valence-corrected chi connectivity index (χ2v) is 8.40. The summed E-state index contributed by atoms with van der Waals surface area (Å²) in [7, 11) is -3.57. The zero-order valence-corrected chi connectivity index (χ0v) is 15.6. The van der Waals surface area contributed by atoms with E-state index < -0.39 is 15.7 Å². The van der Waals surface area contributed by atoms with Crippen LogP contribution in [0.25, 0.3) is 10.9 Å². The van der Waals surface area contributed by atoms with Gasteiger partial charge in [-0.05, 0) is 36.8 Å². The lowest BCUT2D eigenvalue weighted by atomic mass is 10.1. The zero-order valence-electron chi connectivity index (χ0n) is 14.1. The molecule has 0 fully saturated rings. The fraction of sp³-hybridized carbons (Fsp3) is 0.111.